The lowest BCUT2D eigenvalue weighted by Gasteiger charge is -2.32. The largest absolute Gasteiger partial charge is 0.487 e. The lowest BCUT2D eigenvalue weighted by atomic mass is 10.1. The molecule has 1 unspecified atom stereocenters. The highest BCUT2D eigenvalue weighted by Crippen LogP contribution is 2.20. The number of hydrogen-bond acceptors (Lipinski definition) is 5. The molecule has 1 aliphatic heterocycles. The molecule has 104 valence electrons. The van der Waals surface area contributed by atoms with Crippen LogP contribution in [0.15, 0.2) is 36.9 Å². The molecule has 1 atom stereocenters. The maximum Gasteiger partial charge on any atom is 0.225 e. The van der Waals surface area contributed by atoms with Gasteiger partial charge in [0.15, 0.2) is 5.82 Å². The molecule has 1 aliphatic rings. The van der Waals surface area contributed by atoms with E-state index >= 15 is 0 Å². The Morgan fingerprint density at radius 1 is 1.25 bits per heavy atom. The molecule has 0 saturated carbocycles. The molecule has 0 aromatic carbocycles. The first kappa shape index (κ1) is 12.8. The number of aromatic nitrogens is 3. The van der Waals surface area contributed by atoms with Crippen LogP contribution in [-0.2, 0) is 0 Å². The molecule has 0 N–H and O–H groups in total. The third-order valence-electron chi connectivity index (χ3n) is 3.20. The number of rotatable bonds is 3. The van der Waals surface area contributed by atoms with Gasteiger partial charge in [0.1, 0.15) is 11.9 Å². The van der Waals surface area contributed by atoms with Gasteiger partial charge in [0, 0.05) is 12.7 Å². The minimum Gasteiger partial charge on any atom is -0.487 e. The van der Waals surface area contributed by atoms with Gasteiger partial charge in [-0.3, -0.25) is 4.98 Å². The Labute approximate surface area is 116 Å². The van der Waals surface area contributed by atoms with Crippen LogP contribution in [0, 0.1) is 5.82 Å². The topological polar surface area (TPSA) is 51.1 Å². The molecular formula is C14H15FN4O. The van der Waals surface area contributed by atoms with Gasteiger partial charge in [-0.15, -0.1) is 0 Å². The van der Waals surface area contributed by atoms with Gasteiger partial charge in [-0.05, 0) is 25.0 Å². The number of nitrogens with zero attached hydrogens (tertiary/aromatic N) is 4. The van der Waals surface area contributed by atoms with Crippen LogP contribution in [0.5, 0.6) is 5.75 Å². The first-order chi connectivity index (χ1) is 9.81. The Morgan fingerprint density at radius 3 is 2.85 bits per heavy atom. The van der Waals surface area contributed by atoms with Crippen molar-refractivity contribution >= 4 is 5.95 Å². The molecule has 0 aliphatic carbocycles. The Morgan fingerprint density at radius 2 is 2.10 bits per heavy atom. The Kier molecular flexibility index (Phi) is 3.71. The van der Waals surface area contributed by atoms with E-state index in [1.165, 1.54) is 12.4 Å². The summed E-state index contributed by atoms with van der Waals surface area (Å²) in [6.45, 7) is 1.55. The lowest BCUT2D eigenvalue weighted by Crippen LogP contribution is -2.42. The van der Waals surface area contributed by atoms with Gasteiger partial charge < -0.3 is 9.64 Å². The van der Waals surface area contributed by atoms with E-state index in [2.05, 4.69) is 15.0 Å². The normalized spacial score (nSPS) is 18.9. The molecule has 2 aromatic heterocycles. The molecule has 0 amide bonds. The van der Waals surface area contributed by atoms with Crippen molar-refractivity contribution in [2.75, 3.05) is 18.0 Å². The monoisotopic (exact) mass is 274 g/mol. The highest BCUT2D eigenvalue weighted by molar-refractivity contribution is 5.30. The van der Waals surface area contributed by atoms with Gasteiger partial charge in [-0.2, -0.15) is 0 Å². The molecule has 6 heteroatoms. The van der Waals surface area contributed by atoms with Crippen LogP contribution < -0.4 is 9.64 Å². The molecule has 5 nitrogen and oxygen atoms in total. The van der Waals surface area contributed by atoms with E-state index in [0.717, 1.165) is 25.1 Å². The van der Waals surface area contributed by atoms with Crippen LogP contribution in [0.25, 0.3) is 0 Å². The predicted molar refractivity (Wildman–Crippen MR) is 72.1 cm³/mol. The molecule has 3 rings (SSSR count). The summed E-state index contributed by atoms with van der Waals surface area (Å²) >= 11 is 0. The second-order valence-corrected chi connectivity index (χ2v) is 4.72. The molecule has 2 aromatic rings. The third-order valence-corrected chi connectivity index (χ3v) is 3.20. The van der Waals surface area contributed by atoms with Gasteiger partial charge >= 0.3 is 0 Å². The van der Waals surface area contributed by atoms with Crippen LogP contribution in [-0.4, -0.2) is 34.1 Å². The summed E-state index contributed by atoms with van der Waals surface area (Å²) in [4.78, 5) is 14.1. The Hall–Kier alpha value is -2.24. The second kappa shape index (κ2) is 5.81. The van der Waals surface area contributed by atoms with Gasteiger partial charge in [0.05, 0.1) is 25.1 Å². The summed E-state index contributed by atoms with van der Waals surface area (Å²) < 4.78 is 18.7. The highest BCUT2D eigenvalue weighted by Gasteiger charge is 2.23. The molecular weight excluding hydrogens is 259 g/mol. The Balaban J connectivity index is 1.66. The SMILES string of the molecule is Fc1cnc(N2CCCC(Oc3cccnc3)C2)nc1. The minimum atomic E-state index is -0.422. The first-order valence-electron chi connectivity index (χ1n) is 6.60. The average Bonchev–Trinajstić information content (AvgIpc) is 2.49. The van der Waals surface area contributed by atoms with Crippen LogP contribution in [0.2, 0.25) is 0 Å². The standard InChI is InChI=1S/C14H15FN4O/c15-11-7-17-14(18-8-11)19-6-2-4-13(10-19)20-12-3-1-5-16-9-12/h1,3,5,7-9,13H,2,4,6,10H2. The molecule has 0 bridgehead atoms. The molecule has 1 fully saturated rings. The van der Waals surface area contributed by atoms with Crippen LogP contribution >= 0.6 is 0 Å². The second-order valence-electron chi connectivity index (χ2n) is 4.72. The maximum atomic E-state index is 12.8. The van der Waals surface area contributed by atoms with Gasteiger partial charge in [0.2, 0.25) is 5.95 Å². The molecule has 20 heavy (non-hydrogen) atoms. The summed E-state index contributed by atoms with van der Waals surface area (Å²) in [6, 6.07) is 3.74. The minimum absolute atomic E-state index is 0.0709. The third kappa shape index (κ3) is 3.01. The molecule has 3 heterocycles. The van der Waals surface area contributed by atoms with Crippen LogP contribution in [0.3, 0.4) is 0 Å². The van der Waals surface area contributed by atoms with Crippen molar-refractivity contribution in [2.45, 2.75) is 18.9 Å². The summed E-state index contributed by atoms with van der Waals surface area (Å²) in [5, 5.41) is 0. The molecule has 0 spiro atoms. The lowest BCUT2D eigenvalue weighted by molar-refractivity contribution is 0.178. The summed E-state index contributed by atoms with van der Waals surface area (Å²) in [6.07, 6.45) is 7.83. The van der Waals surface area contributed by atoms with Crippen molar-refractivity contribution in [3.8, 4) is 5.75 Å². The van der Waals surface area contributed by atoms with Crippen molar-refractivity contribution in [2.24, 2.45) is 0 Å². The van der Waals surface area contributed by atoms with Crippen molar-refractivity contribution in [1.82, 2.24) is 15.0 Å². The van der Waals surface area contributed by atoms with E-state index in [1.807, 2.05) is 17.0 Å². The van der Waals surface area contributed by atoms with E-state index in [4.69, 9.17) is 4.74 Å². The van der Waals surface area contributed by atoms with Crippen molar-refractivity contribution in [1.29, 1.82) is 0 Å². The summed E-state index contributed by atoms with van der Waals surface area (Å²) in [5.74, 6) is 0.888. The number of pyridine rings is 1. The highest BCUT2D eigenvalue weighted by atomic mass is 19.1. The zero-order valence-corrected chi connectivity index (χ0v) is 10.9. The summed E-state index contributed by atoms with van der Waals surface area (Å²) in [7, 11) is 0. The van der Waals surface area contributed by atoms with E-state index in [1.54, 1.807) is 12.4 Å². The van der Waals surface area contributed by atoms with Gasteiger partial charge in [-0.1, -0.05) is 0 Å². The number of ether oxygens (including phenoxy) is 1. The number of halogens is 1. The van der Waals surface area contributed by atoms with Crippen LogP contribution in [0.4, 0.5) is 10.3 Å². The fraction of sp³-hybridized carbons (Fsp3) is 0.357. The fourth-order valence-corrected chi connectivity index (χ4v) is 2.29. The van der Waals surface area contributed by atoms with Gasteiger partial charge in [-0.25, -0.2) is 14.4 Å². The van der Waals surface area contributed by atoms with Crippen molar-refractivity contribution in [3.63, 3.8) is 0 Å². The molecule has 1 saturated heterocycles. The number of hydrogen-bond donors (Lipinski definition) is 0. The fourth-order valence-electron chi connectivity index (χ4n) is 2.29. The average molecular weight is 274 g/mol. The molecule has 0 radical (unpaired) electrons. The van der Waals surface area contributed by atoms with Crippen molar-refractivity contribution in [3.05, 3.63) is 42.7 Å². The predicted octanol–water partition coefficient (Wildman–Crippen LogP) is 2.06. The Bertz CT molecular complexity index is 549. The van der Waals surface area contributed by atoms with Gasteiger partial charge in [0.25, 0.3) is 0 Å². The van der Waals surface area contributed by atoms with E-state index in [9.17, 15) is 4.39 Å². The number of piperidine rings is 1. The zero-order valence-electron chi connectivity index (χ0n) is 10.9. The van der Waals surface area contributed by atoms with E-state index < -0.39 is 5.82 Å². The zero-order chi connectivity index (χ0) is 13.8. The number of anilines is 1. The van der Waals surface area contributed by atoms with E-state index in [0.29, 0.717) is 12.5 Å². The summed E-state index contributed by atoms with van der Waals surface area (Å²) in [5.41, 5.74) is 0. The first-order valence-corrected chi connectivity index (χ1v) is 6.60. The smallest absolute Gasteiger partial charge is 0.225 e. The van der Waals surface area contributed by atoms with Crippen molar-refractivity contribution < 1.29 is 9.13 Å². The van der Waals surface area contributed by atoms with E-state index in [-0.39, 0.29) is 6.10 Å². The van der Waals surface area contributed by atoms with Crippen LogP contribution in [0.1, 0.15) is 12.8 Å². The maximum absolute atomic E-state index is 12.8. The quantitative estimate of drug-likeness (QED) is 0.857.